The van der Waals surface area contributed by atoms with Gasteiger partial charge in [0.2, 0.25) is 0 Å². The average molecular weight is 683 g/mol. The molecular formula is C37H38F4N2O6. The molecular weight excluding hydrogens is 644 g/mol. The number of anilines is 1. The largest absolute Gasteiger partial charge is 0.496 e. The number of ether oxygens (including phenoxy) is 4. The van der Waals surface area contributed by atoms with Gasteiger partial charge in [-0.15, -0.1) is 0 Å². The number of hydrogen-bond donors (Lipinski definition) is 1. The van der Waals surface area contributed by atoms with Gasteiger partial charge in [0.15, 0.2) is 0 Å². The van der Waals surface area contributed by atoms with Crippen LogP contribution in [0.4, 0.5) is 23.2 Å². The van der Waals surface area contributed by atoms with Crippen LogP contribution < -0.4 is 15.0 Å². The van der Waals surface area contributed by atoms with Gasteiger partial charge in [0.25, 0.3) is 5.91 Å². The predicted molar refractivity (Wildman–Crippen MR) is 178 cm³/mol. The topological polar surface area (TPSA) is 86.3 Å². The van der Waals surface area contributed by atoms with E-state index in [4.69, 9.17) is 18.9 Å². The van der Waals surface area contributed by atoms with E-state index in [-0.39, 0.29) is 36.4 Å². The molecule has 0 aromatic heterocycles. The number of hydrogen-bond acceptors (Lipinski definition) is 7. The molecule has 0 spiro atoms. The lowest BCUT2D eigenvalue weighted by atomic mass is 9.90. The highest BCUT2D eigenvalue weighted by Crippen LogP contribution is 2.39. The standard InChI is InChI=1S/C37H38F4N2O6/c1-22-18-25(43-15-17-49-21-32(43)37(39,40)41)20-29(38)33(22)35(44)42-30(36(45)48-4)19-24-9-5-11-27-26(24)10-7-12-28(27)34-23(14-16-46-2)8-6-13-31(34)47-3/h5-13,18,20,30,32H,14-17,19,21H2,1-4H3,(H,42,44)/t30-,32+/m0/s1. The Kier molecular flexibility index (Phi) is 11.1. The molecule has 12 heteroatoms. The number of methoxy groups -OCH3 is 3. The van der Waals surface area contributed by atoms with Crippen molar-refractivity contribution in [1.29, 1.82) is 0 Å². The molecule has 8 nitrogen and oxygen atoms in total. The summed E-state index contributed by atoms with van der Waals surface area (Å²) in [5.74, 6) is -1.97. The summed E-state index contributed by atoms with van der Waals surface area (Å²) >= 11 is 0. The molecule has 49 heavy (non-hydrogen) atoms. The number of aryl methyl sites for hydroxylation is 1. The minimum Gasteiger partial charge on any atom is -0.496 e. The molecule has 1 amide bonds. The van der Waals surface area contributed by atoms with Gasteiger partial charge in [0, 0.05) is 31.3 Å². The molecule has 1 aliphatic heterocycles. The van der Waals surface area contributed by atoms with Gasteiger partial charge in [0.1, 0.15) is 23.7 Å². The number of amides is 1. The van der Waals surface area contributed by atoms with Crippen LogP contribution in [0, 0.1) is 12.7 Å². The van der Waals surface area contributed by atoms with Crippen molar-refractivity contribution < 1.29 is 46.1 Å². The van der Waals surface area contributed by atoms with E-state index in [2.05, 4.69) is 5.32 Å². The molecule has 1 heterocycles. The number of benzene rings is 4. The zero-order chi connectivity index (χ0) is 35.3. The van der Waals surface area contributed by atoms with Gasteiger partial charge in [0.05, 0.1) is 39.6 Å². The number of fused-ring (bicyclic) bond motifs is 1. The van der Waals surface area contributed by atoms with Crippen LogP contribution >= 0.6 is 0 Å². The molecule has 4 aromatic rings. The molecule has 2 atom stereocenters. The predicted octanol–water partition coefficient (Wildman–Crippen LogP) is 6.43. The quantitative estimate of drug-likeness (QED) is 0.144. The summed E-state index contributed by atoms with van der Waals surface area (Å²) in [5.41, 5.74) is 3.29. The van der Waals surface area contributed by atoms with Gasteiger partial charge in [-0.2, -0.15) is 13.2 Å². The van der Waals surface area contributed by atoms with Crippen LogP contribution in [-0.2, 0) is 31.8 Å². The third-order valence-corrected chi connectivity index (χ3v) is 8.74. The van der Waals surface area contributed by atoms with Crippen molar-refractivity contribution in [3.8, 4) is 16.9 Å². The van der Waals surface area contributed by atoms with Crippen molar-refractivity contribution in [2.45, 2.75) is 38.0 Å². The highest BCUT2D eigenvalue weighted by Gasteiger charge is 2.45. The van der Waals surface area contributed by atoms with E-state index >= 15 is 4.39 Å². The SMILES string of the molecule is COCCc1cccc(OC)c1-c1cccc2c(C[C@H](NC(=O)c3c(C)cc(N4CCOC[C@@H]4C(F)(F)F)cc3F)C(=O)OC)cccc12. The van der Waals surface area contributed by atoms with Gasteiger partial charge in [-0.05, 0) is 64.6 Å². The summed E-state index contributed by atoms with van der Waals surface area (Å²) in [5, 5.41) is 4.31. The van der Waals surface area contributed by atoms with E-state index in [1.54, 1.807) is 14.2 Å². The molecule has 0 radical (unpaired) electrons. The summed E-state index contributed by atoms with van der Waals surface area (Å²) in [6.45, 7) is 1.30. The smallest absolute Gasteiger partial charge is 0.411 e. The van der Waals surface area contributed by atoms with Gasteiger partial charge in [-0.3, -0.25) is 4.79 Å². The van der Waals surface area contributed by atoms with Crippen LogP contribution in [0.3, 0.4) is 0 Å². The van der Waals surface area contributed by atoms with Gasteiger partial charge in [-0.25, -0.2) is 9.18 Å². The zero-order valence-corrected chi connectivity index (χ0v) is 27.7. The Hall–Kier alpha value is -4.68. The highest BCUT2D eigenvalue weighted by molar-refractivity contribution is 6.01. The monoisotopic (exact) mass is 682 g/mol. The van der Waals surface area contributed by atoms with Crippen LogP contribution in [0.15, 0.2) is 66.7 Å². The minimum absolute atomic E-state index is 0.0153. The van der Waals surface area contributed by atoms with Crippen molar-refractivity contribution in [1.82, 2.24) is 5.32 Å². The van der Waals surface area contributed by atoms with Crippen LogP contribution in [0.2, 0.25) is 0 Å². The van der Waals surface area contributed by atoms with E-state index in [0.29, 0.717) is 18.8 Å². The Bertz CT molecular complexity index is 1810. The van der Waals surface area contributed by atoms with Crippen LogP contribution in [0.1, 0.15) is 27.0 Å². The van der Waals surface area contributed by atoms with Crippen molar-refractivity contribution in [2.75, 3.05) is 52.6 Å². The lowest BCUT2D eigenvalue weighted by Gasteiger charge is -2.38. The van der Waals surface area contributed by atoms with E-state index in [1.807, 2.05) is 54.6 Å². The number of carbonyl (C=O) groups excluding carboxylic acids is 2. The molecule has 1 saturated heterocycles. The molecule has 5 rings (SSSR count). The fourth-order valence-corrected chi connectivity index (χ4v) is 6.39. The summed E-state index contributed by atoms with van der Waals surface area (Å²) in [6.07, 6.45) is -3.93. The Balaban J connectivity index is 1.46. The summed E-state index contributed by atoms with van der Waals surface area (Å²) in [7, 11) is 4.44. The van der Waals surface area contributed by atoms with Crippen LogP contribution in [0.25, 0.3) is 21.9 Å². The van der Waals surface area contributed by atoms with Gasteiger partial charge >= 0.3 is 12.1 Å². The van der Waals surface area contributed by atoms with E-state index in [0.717, 1.165) is 44.0 Å². The fraction of sp³-hybridized carbons (Fsp3) is 0.351. The molecule has 4 aromatic carbocycles. The van der Waals surface area contributed by atoms with E-state index in [1.165, 1.54) is 20.1 Å². The summed E-state index contributed by atoms with van der Waals surface area (Å²) < 4.78 is 77.7. The van der Waals surface area contributed by atoms with Crippen molar-refractivity contribution in [3.05, 3.63) is 94.8 Å². The fourth-order valence-electron chi connectivity index (χ4n) is 6.39. The maximum absolute atomic E-state index is 15.6. The number of rotatable bonds is 11. The number of morpholine rings is 1. The maximum Gasteiger partial charge on any atom is 0.411 e. The number of nitrogens with one attached hydrogen (secondary N) is 1. The Morgan fingerprint density at radius 3 is 2.41 bits per heavy atom. The van der Waals surface area contributed by atoms with Crippen molar-refractivity contribution in [3.63, 3.8) is 0 Å². The Morgan fingerprint density at radius 2 is 1.71 bits per heavy atom. The molecule has 1 fully saturated rings. The summed E-state index contributed by atoms with van der Waals surface area (Å²) in [4.78, 5) is 27.6. The molecule has 0 bridgehead atoms. The third-order valence-electron chi connectivity index (χ3n) is 8.74. The molecule has 1 aliphatic rings. The average Bonchev–Trinajstić information content (AvgIpc) is 3.09. The first-order valence-corrected chi connectivity index (χ1v) is 15.7. The normalized spacial score (nSPS) is 15.6. The molecule has 260 valence electrons. The number of carbonyl (C=O) groups is 2. The van der Waals surface area contributed by atoms with Gasteiger partial charge in [-0.1, -0.05) is 48.5 Å². The number of halogens is 4. The Morgan fingerprint density at radius 1 is 1.00 bits per heavy atom. The minimum atomic E-state index is -4.60. The second kappa shape index (κ2) is 15.3. The zero-order valence-electron chi connectivity index (χ0n) is 27.7. The molecule has 0 aliphatic carbocycles. The first-order valence-electron chi connectivity index (χ1n) is 15.7. The maximum atomic E-state index is 15.6. The van der Waals surface area contributed by atoms with Crippen LogP contribution in [0.5, 0.6) is 5.75 Å². The number of esters is 1. The lowest BCUT2D eigenvalue weighted by molar-refractivity contribution is -0.167. The molecule has 0 unspecified atom stereocenters. The van der Waals surface area contributed by atoms with E-state index < -0.39 is 42.6 Å². The highest BCUT2D eigenvalue weighted by atomic mass is 19.4. The van der Waals surface area contributed by atoms with Gasteiger partial charge < -0.3 is 29.2 Å². The Labute approximate surface area is 281 Å². The second-order valence-electron chi connectivity index (χ2n) is 11.8. The second-order valence-corrected chi connectivity index (χ2v) is 11.8. The molecule has 1 N–H and O–H groups in total. The number of alkyl halides is 3. The lowest BCUT2D eigenvalue weighted by Crippen LogP contribution is -2.53. The first kappa shape index (κ1) is 35.6. The van der Waals surface area contributed by atoms with Crippen molar-refractivity contribution in [2.24, 2.45) is 0 Å². The molecule has 0 saturated carbocycles. The van der Waals surface area contributed by atoms with E-state index in [9.17, 15) is 22.8 Å². The van der Waals surface area contributed by atoms with Crippen molar-refractivity contribution >= 4 is 28.3 Å². The van der Waals surface area contributed by atoms with Crippen LogP contribution in [-0.4, -0.2) is 77.8 Å². The third kappa shape index (κ3) is 7.65. The summed E-state index contributed by atoms with van der Waals surface area (Å²) in [6, 6.07) is 16.4. The first-order chi connectivity index (χ1) is 23.5. The number of nitrogens with zero attached hydrogens (tertiary/aromatic N) is 1.